The van der Waals surface area contributed by atoms with Crippen LogP contribution >= 0.6 is 0 Å². The number of aliphatic hydroxyl groups is 14. The summed E-state index contributed by atoms with van der Waals surface area (Å²) in [5.41, 5.74) is 0.848. The van der Waals surface area contributed by atoms with Crippen molar-refractivity contribution in [1.29, 1.82) is 0 Å². The van der Waals surface area contributed by atoms with Crippen molar-refractivity contribution in [3.8, 4) is 0 Å². The number of nitrogens with one attached hydrogen (secondary N) is 5. The summed E-state index contributed by atoms with van der Waals surface area (Å²) in [6.45, 7) is 4.73. The molecule has 100 heavy (non-hydrogen) atoms. The quantitative estimate of drug-likeness (QED) is 0.109. The number of benzene rings is 3. The molecule has 6 unspecified atom stereocenters. The molecule has 6 aliphatic heterocycles. The van der Waals surface area contributed by atoms with Crippen LogP contribution in [0.2, 0.25) is 0 Å². The number of aliphatic hydroxyl groups excluding tert-OH is 14. The number of likely N-dealkylation sites (tertiary alicyclic amines) is 1. The fraction of sp³-hybridized carbons (Fsp3) is 0.729. The zero-order valence-corrected chi connectivity index (χ0v) is 56.4. The number of alkyl halides is 4. The van der Waals surface area contributed by atoms with E-state index in [9.17, 15) is 116 Å². The minimum atomic E-state index is -2.73. The molecular formula is C70H107F9N6O15. The maximum absolute atomic E-state index is 14.2. The molecular weight excluding hydrogens is 1340 g/mol. The third-order valence-electron chi connectivity index (χ3n) is 20.5. The van der Waals surface area contributed by atoms with Crippen molar-refractivity contribution in [3.05, 3.63) is 106 Å². The molecule has 30 heteroatoms. The standard InChI is InChI=1S/C13H24FNO2.C13H25NO3.C12H14F3NO2.C12H15F2NO3.C12H16FNO2.C8H13F2NO3/c14-11(6-9-4-2-1-3-5-9)10-7-15-8-12(16)13(10)17;15-11(6-9-4-2-1-3-5-9)10-7-14-8-12(16)13(10)17;13-7-1-6(2-8(14)3-7)11(15)9-4-16-5-10(17)12(9)18;13-7-1-6(2-8(14)3-7)11(17)9-4-15-5-10(16)12(9)18;13-10-3-1-8(2-4-10)5-9-6-14-7-11(15)12(9)16;1-4(12)11-2-5(8(9)10)7(14)6(13)3-11/h9-13,15-17H,1-8H2;9-17H,1-8H2;1-3,9-12,16-18H,4-5H2;1-3,9-12,15-18H,4-5H2;1-4,9,11-12,14-16H,5-7H2;5-8,13-14H,2-3H2,1H3/t2*10-,11?,12-,13-;2*9?,10-,11?,12-;9-,11+,12+;5-,6+,7+/m111100/s1. The van der Waals surface area contributed by atoms with Gasteiger partial charge in [0.15, 0.2) is 0 Å². The molecule has 3 aromatic carbocycles. The Morgan fingerprint density at radius 1 is 0.430 bits per heavy atom. The number of halogens is 9. The number of rotatable bonds is 13. The molecule has 0 radical (unpaired) electrons. The largest absolute Gasteiger partial charge is 0.393 e. The summed E-state index contributed by atoms with van der Waals surface area (Å²) in [7, 11) is 0. The van der Waals surface area contributed by atoms with Crippen molar-refractivity contribution in [3.63, 3.8) is 0 Å². The Morgan fingerprint density at radius 3 is 1.30 bits per heavy atom. The average Bonchev–Trinajstić information content (AvgIpc) is 1.09. The molecule has 0 spiro atoms. The predicted octanol–water partition coefficient (Wildman–Crippen LogP) is 2.11. The molecule has 0 bridgehead atoms. The summed E-state index contributed by atoms with van der Waals surface area (Å²) in [5.74, 6) is -6.56. The fourth-order valence-corrected chi connectivity index (χ4v) is 14.4. The minimum Gasteiger partial charge on any atom is -0.393 e. The van der Waals surface area contributed by atoms with Crippen molar-refractivity contribution in [1.82, 2.24) is 31.5 Å². The van der Waals surface area contributed by atoms with Gasteiger partial charge in [-0.25, -0.2) is 39.5 Å². The lowest BCUT2D eigenvalue weighted by Crippen LogP contribution is -2.55. The first kappa shape index (κ1) is 84.7. The second kappa shape index (κ2) is 42.0. The van der Waals surface area contributed by atoms with E-state index < -0.39 is 151 Å². The summed E-state index contributed by atoms with van der Waals surface area (Å²) < 4.78 is 118. The summed E-state index contributed by atoms with van der Waals surface area (Å²) in [5, 5.41) is 150. The van der Waals surface area contributed by atoms with E-state index in [0.29, 0.717) is 76.1 Å². The number of hydrogen-bond donors (Lipinski definition) is 19. The molecule has 3 aromatic rings. The van der Waals surface area contributed by atoms with Crippen LogP contribution in [0.15, 0.2) is 60.7 Å². The van der Waals surface area contributed by atoms with E-state index >= 15 is 0 Å². The van der Waals surface area contributed by atoms with Crippen LogP contribution in [0.5, 0.6) is 0 Å². The second-order valence-electron chi connectivity index (χ2n) is 28.1. The van der Waals surface area contributed by atoms with Gasteiger partial charge in [-0.3, -0.25) is 4.79 Å². The van der Waals surface area contributed by atoms with Gasteiger partial charge in [-0.15, -0.1) is 0 Å². The van der Waals surface area contributed by atoms with E-state index in [1.54, 1.807) is 12.1 Å². The number of hydrogen-bond acceptors (Lipinski definition) is 20. The molecule has 570 valence electrons. The molecule has 6 heterocycles. The van der Waals surface area contributed by atoms with Gasteiger partial charge >= 0.3 is 0 Å². The number of carbonyl (C=O) groups excluding carboxylic acids is 1. The van der Waals surface area contributed by atoms with E-state index in [1.165, 1.54) is 70.4 Å². The van der Waals surface area contributed by atoms with Crippen LogP contribution < -0.4 is 26.6 Å². The van der Waals surface area contributed by atoms with Crippen LogP contribution in [0.1, 0.15) is 113 Å². The highest BCUT2D eigenvalue weighted by Gasteiger charge is 2.43. The Labute approximate surface area is 578 Å². The zero-order chi connectivity index (χ0) is 73.5. The van der Waals surface area contributed by atoms with Gasteiger partial charge in [0, 0.05) is 127 Å². The van der Waals surface area contributed by atoms with E-state index in [1.807, 2.05) is 0 Å². The first-order chi connectivity index (χ1) is 47.4. The van der Waals surface area contributed by atoms with Crippen molar-refractivity contribution in [2.24, 2.45) is 47.3 Å². The van der Waals surface area contributed by atoms with Crippen LogP contribution in [-0.2, 0) is 11.2 Å². The van der Waals surface area contributed by atoms with Crippen LogP contribution in [0.25, 0.3) is 0 Å². The number of amides is 1. The Balaban J connectivity index is 0.000000189. The van der Waals surface area contributed by atoms with E-state index in [4.69, 9.17) is 0 Å². The normalized spacial score (nSPS) is 33.3. The SMILES string of the molecule is CC(=O)N1C[C@@H](O)[C@H](O)[C@@H](C(F)F)C1.OC(CC1CCCCC1)[C@H]1CNC[C@@H](O)[C@@H]1O.OC(c1cc(F)cc(F)c1)C1CNC[C@@H](O)[C@@H]1O.O[C@@H]1CNCC(C(F)c2cc(F)cc(F)c2)[C@H]1O.O[C@@H]1[C@@H](Cc2ccc(F)cc2)CNC[C@H]1O.O[C@H]1[C@H](O)CNC[C@@H]1C(F)CC1CCCCC1. The molecule has 6 saturated heterocycles. The third kappa shape index (κ3) is 26.1. The van der Waals surface area contributed by atoms with Gasteiger partial charge in [-0.1, -0.05) is 76.3 Å². The number of β-amino-alcohol motifs (C(OH)–C–C–N with tert-alkyl or cyclic N) is 6. The van der Waals surface area contributed by atoms with Crippen molar-refractivity contribution < 1.29 is 116 Å². The second-order valence-corrected chi connectivity index (χ2v) is 28.1. The summed E-state index contributed by atoms with van der Waals surface area (Å²) in [6.07, 6.45) is -4.89. The first-order valence-corrected chi connectivity index (χ1v) is 35.0. The number of nitrogens with zero attached hydrogens (tertiary/aromatic N) is 1. The molecule has 2 aliphatic carbocycles. The maximum Gasteiger partial charge on any atom is 0.245 e. The zero-order valence-electron chi connectivity index (χ0n) is 56.4. The highest BCUT2D eigenvalue weighted by Crippen LogP contribution is 2.36. The van der Waals surface area contributed by atoms with Crippen LogP contribution in [-0.4, -0.2) is 253 Å². The average molecular weight is 1440 g/mol. The Bertz CT molecular complexity index is 2670. The smallest absolute Gasteiger partial charge is 0.245 e. The summed E-state index contributed by atoms with van der Waals surface area (Å²) >= 11 is 0. The van der Waals surface area contributed by atoms with Crippen LogP contribution in [0, 0.1) is 76.4 Å². The maximum atomic E-state index is 14.2. The lowest BCUT2D eigenvalue weighted by Gasteiger charge is -2.38. The third-order valence-corrected chi connectivity index (χ3v) is 20.5. The molecule has 22 atom stereocenters. The van der Waals surface area contributed by atoms with Gasteiger partial charge in [0.2, 0.25) is 12.3 Å². The first-order valence-electron chi connectivity index (χ1n) is 35.0. The van der Waals surface area contributed by atoms with Crippen molar-refractivity contribution in [2.45, 2.75) is 195 Å². The van der Waals surface area contributed by atoms with Gasteiger partial charge in [-0.05, 0) is 84.2 Å². The molecule has 2 saturated carbocycles. The topological polar surface area (TPSA) is 364 Å². The lowest BCUT2D eigenvalue weighted by atomic mass is 9.80. The fourth-order valence-electron chi connectivity index (χ4n) is 14.4. The number of carbonyl (C=O) groups is 1. The lowest BCUT2D eigenvalue weighted by molar-refractivity contribution is -0.148. The van der Waals surface area contributed by atoms with E-state index in [2.05, 4.69) is 26.6 Å². The summed E-state index contributed by atoms with van der Waals surface area (Å²) in [4.78, 5) is 12.0. The van der Waals surface area contributed by atoms with E-state index in [-0.39, 0.29) is 74.0 Å². The van der Waals surface area contributed by atoms with Gasteiger partial charge < -0.3 is 103 Å². The molecule has 0 aromatic heterocycles. The molecule has 8 aliphatic rings. The molecule has 11 rings (SSSR count). The Morgan fingerprint density at radius 2 is 0.820 bits per heavy atom. The van der Waals surface area contributed by atoms with Crippen molar-refractivity contribution >= 4 is 5.91 Å². The monoisotopic (exact) mass is 1440 g/mol. The van der Waals surface area contributed by atoms with Crippen LogP contribution in [0.3, 0.4) is 0 Å². The molecule has 19 N–H and O–H groups in total. The minimum absolute atomic E-state index is 0.0192. The molecule has 1 amide bonds. The van der Waals surface area contributed by atoms with Crippen LogP contribution in [0.4, 0.5) is 39.5 Å². The van der Waals surface area contributed by atoms with Crippen molar-refractivity contribution in [2.75, 3.05) is 78.5 Å². The highest BCUT2D eigenvalue weighted by molar-refractivity contribution is 5.73. The van der Waals surface area contributed by atoms with Gasteiger partial charge in [0.1, 0.15) is 41.4 Å². The predicted molar refractivity (Wildman–Crippen MR) is 351 cm³/mol. The molecule has 21 nitrogen and oxygen atoms in total. The van der Waals surface area contributed by atoms with Gasteiger partial charge in [0.25, 0.3) is 0 Å². The number of piperidine rings is 6. The van der Waals surface area contributed by atoms with Gasteiger partial charge in [-0.2, -0.15) is 0 Å². The van der Waals surface area contributed by atoms with E-state index in [0.717, 1.165) is 54.0 Å². The Hall–Kier alpha value is -4.26. The highest BCUT2D eigenvalue weighted by atomic mass is 19.3. The Kier molecular flexibility index (Phi) is 35.6. The molecule has 8 fully saturated rings. The summed E-state index contributed by atoms with van der Waals surface area (Å²) in [6, 6.07) is 11.4. The van der Waals surface area contributed by atoms with Gasteiger partial charge in [0.05, 0.1) is 91.4 Å².